The highest BCUT2D eigenvalue weighted by molar-refractivity contribution is 5.53. The standard InChI is InChI=1S/C6H16N.C2H4O3.H2O/c1-6(2)7(3,4)5;1-5-2(3)4;/h6H,1-5H3;1H3,(H,3,4);1H2/q+1;;/p-1. The minimum absolute atomic E-state index is 0. The van der Waals surface area contributed by atoms with E-state index in [9.17, 15) is 0 Å². The lowest BCUT2D eigenvalue weighted by Crippen LogP contribution is -2.41. The Morgan fingerprint density at radius 3 is 1.46 bits per heavy atom. The fourth-order valence-corrected chi connectivity index (χ4v) is 0. The molecule has 0 fully saturated rings. The maximum atomic E-state index is 9.03. The average Bonchev–Trinajstić information content (AvgIpc) is 1.87. The summed E-state index contributed by atoms with van der Waals surface area (Å²) in [6.07, 6.45) is -1.50. The number of rotatable bonds is 1. The molecule has 0 unspecified atom stereocenters. The third-order valence-electron chi connectivity index (χ3n) is 1.72. The molecule has 0 aliphatic heterocycles. The molecule has 0 aliphatic carbocycles. The number of nitrogens with zero attached hydrogens (tertiary/aromatic N) is 1. The van der Waals surface area contributed by atoms with Crippen LogP contribution in [0.5, 0.6) is 0 Å². The van der Waals surface area contributed by atoms with Gasteiger partial charge in [-0.25, -0.2) is 0 Å². The maximum Gasteiger partial charge on any atom is 0.251 e. The number of ether oxygens (including phenoxy) is 1. The fourth-order valence-electron chi connectivity index (χ4n) is 0. The third kappa shape index (κ3) is 18.3. The molecule has 0 spiro atoms. The van der Waals surface area contributed by atoms with Gasteiger partial charge in [0.25, 0.3) is 6.16 Å². The van der Waals surface area contributed by atoms with Gasteiger partial charge in [-0.1, -0.05) is 0 Å². The van der Waals surface area contributed by atoms with Gasteiger partial charge in [0, 0.05) is 7.11 Å². The lowest BCUT2D eigenvalue weighted by atomic mass is 10.3. The summed E-state index contributed by atoms with van der Waals surface area (Å²) in [5.74, 6) is 0. The summed E-state index contributed by atoms with van der Waals surface area (Å²) in [5.41, 5.74) is 0. The van der Waals surface area contributed by atoms with Gasteiger partial charge in [0.1, 0.15) is 0 Å². The molecule has 0 aromatic heterocycles. The molecule has 0 rings (SSSR count). The number of hydrogen-bond donors (Lipinski definition) is 0. The Kier molecular flexibility index (Phi) is 10.9. The van der Waals surface area contributed by atoms with E-state index in [1.807, 2.05) is 0 Å². The number of quaternary nitrogens is 1. The predicted octanol–water partition coefficient (Wildman–Crippen LogP) is -0.748. The van der Waals surface area contributed by atoms with Gasteiger partial charge in [-0.05, 0) is 13.8 Å². The Labute approximate surface area is 79.8 Å². The topological polar surface area (TPSA) is 80.9 Å². The summed E-state index contributed by atoms with van der Waals surface area (Å²) < 4.78 is 4.61. The van der Waals surface area contributed by atoms with E-state index < -0.39 is 6.16 Å². The van der Waals surface area contributed by atoms with Crippen molar-refractivity contribution in [2.75, 3.05) is 28.3 Å². The first-order valence-corrected chi connectivity index (χ1v) is 3.78. The van der Waals surface area contributed by atoms with Crippen LogP contribution in [0, 0.1) is 0 Å². The van der Waals surface area contributed by atoms with Crippen LogP contribution in [0.15, 0.2) is 0 Å². The monoisotopic (exact) mass is 195 g/mol. The summed E-state index contributed by atoms with van der Waals surface area (Å²) in [4.78, 5) is 9.03. The van der Waals surface area contributed by atoms with Crippen molar-refractivity contribution in [2.45, 2.75) is 19.9 Å². The summed E-state index contributed by atoms with van der Waals surface area (Å²) in [6.45, 7) is 4.44. The second kappa shape index (κ2) is 7.82. The number of carbonyl (C=O) groups excluding carboxylic acids is 1. The molecule has 0 radical (unpaired) electrons. The minimum atomic E-state index is -1.50. The van der Waals surface area contributed by atoms with Crippen LogP contribution in [-0.2, 0) is 4.74 Å². The van der Waals surface area contributed by atoms with E-state index >= 15 is 0 Å². The molecule has 5 nitrogen and oxygen atoms in total. The van der Waals surface area contributed by atoms with Crippen LogP contribution in [0.3, 0.4) is 0 Å². The molecule has 5 heteroatoms. The zero-order valence-electron chi connectivity index (χ0n) is 9.25. The molecule has 0 aliphatic rings. The van der Waals surface area contributed by atoms with Crippen LogP contribution in [-0.4, -0.2) is 50.4 Å². The quantitative estimate of drug-likeness (QED) is 0.408. The molecule has 0 amide bonds. The highest BCUT2D eigenvalue weighted by Crippen LogP contribution is 1.97. The van der Waals surface area contributed by atoms with Gasteiger partial charge < -0.3 is 24.6 Å². The Bertz CT molecular complexity index is 129. The van der Waals surface area contributed by atoms with Gasteiger partial charge in [0.2, 0.25) is 0 Å². The third-order valence-corrected chi connectivity index (χ3v) is 1.72. The predicted molar refractivity (Wildman–Crippen MR) is 49.2 cm³/mol. The van der Waals surface area contributed by atoms with Crippen molar-refractivity contribution in [3.63, 3.8) is 0 Å². The summed E-state index contributed by atoms with van der Waals surface area (Å²) in [6, 6.07) is 0.736. The van der Waals surface area contributed by atoms with Gasteiger partial charge in [-0.2, -0.15) is 0 Å². The molecule has 13 heavy (non-hydrogen) atoms. The maximum absolute atomic E-state index is 9.03. The highest BCUT2D eigenvalue weighted by atomic mass is 16.6. The second-order valence-electron chi connectivity index (χ2n) is 3.66. The molecule has 0 aromatic carbocycles. The van der Waals surface area contributed by atoms with Gasteiger partial charge >= 0.3 is 0 Å². The van der Waals surface area contributed by atoms with Crippen molar-refractivity contribution < 1.29 is 24.6 Å². The van der Waals surface area contributed by atoms with Crippen molar-refractivity contribution in [1.29, 1.82) is 0 Å². The molecule has 0 heterocycles. The zero-order valence-corrected chi connectivity index (χ0v) is 9.25. The SMILES string of the molecule is CC(C)[N+](C)(C)C.COC(=O)[O-].O. The largest absolute Gasteiger partial charge is 0.553 e. The van der Waals surface area contributed by atoms with Gasteiger partial charge in [0.05, 0.1) is 27.2 Å². The van der Waals surface area contributed by atoms with Gasteiger partial charge in [0.15, 0.2) is 0 Å². The molecule has 2 N–H and O–H groups in total. The normalized spacial score (nSPS) is 9.46. The molecule has 0 saturated heterocycles. The lowest BCUT2D eigenvalue weighted by Gasteiger charge is -2.28. The van der Waals surface area contributed by atoms with Crippen molar-refractivity contribution in [2.24, 2.45) is 0 Å². The first-order chi connectivity index (χ1) is 5.21. The van der Waals surface area contributed by atoms with Crippen LogP contribution in [0.2, 0.25) is 0 Å². The van der Waals surface area contributed by atoms with Crippen LogP contribution < -0.4 is 5.11 Å². The fraction of sp³-hybridized carbons (Fsp3) is 0.875. The van der Waals surface area contributed by atoms with E-state index in [1.165, 1.54) is 0 Å². The molecule has 0 bridgehead atoms. The van der Waals surface area contributed by atoms with Crippen LogP contribution in [0.4, 0.5) is 4.79 Å². The smallest absolute Gasteiger partial charge is 0.251 e. The molecule has 0 aromatic rings. The minimum Gasteiger partial charge on any atom is -0.553 e. The zero-order chi connectivity index (χ0) is 10.4. The number of methoxy groups -OCH3 is 1. The van der Waals surface area contributed by atoms with E-state index in [1.54, 1.807) is 0 Å². The lowest BCUT2D eigenvalue weighted by molar-refractivity contribution is -0.891. The summed E-state index contributed by atoms with van der Waals surface area (Å²) in [7, 11) is 7.63. The van der Waals surface area contributed by atoms with E-state index in [0.29, 0.717) is 0 Å². The van der Waals surface area contributed by atoms with Gasteiger partial charge in [-0.15, -0.1) is 0 Å². The number of carboxylic acid groups (broad SMARTS) is 1. The van der Waals surface area contributed by atoms with Gasteiger partial charge in [-0.3, -0.25) is 0 Å². The summed E-state index contributed by atoms with van der Waals surface area (Å²) >= 11 is 0. The van der Waals surface area contributed by atoms with Crippen LogP contribution in [0.25, 0.3) is 0 Å². The number of hydrogen-bond acceptors (Lipinski definition) is 3. The van der Waals surface area contributed by atoms with E-state index in [2.05, 4.69) is 39.7 Å². The van der Waals surface area contributed by atoms with Crippen molar-refractivity contribution in [1.82, 2.24) is 0 Å². The molecule has 0 atom stereocenters. The van der Waals surface area contributed by atoms with E-state index in [4.69, 9.17) is 9.90 Å². The first kappa shape index (κ1) is 18.1. The summed E-state index contributed by atoms with van der Waals surface area (Å²) in [5, 5.41) is 9.03. The Morgan fingerprint density at radius 1 is 1.31 bits per heavy atom. The molecule has 82 valence electrons. The Morgan fingerprint density at radius 2 is 1.46 bits per heavy atom. The number of carbonyl (C=O) groups is 1. The Balaban J connectivity index is -0.000000150. The van der Waals surface area contributed by atoms with Crippen molar-refractivity contribution >= 4 is 6.16 Å². The van der Waals surface area contributed by atoms with Crippen LogP contribution >= 0.6 is 0 Å². The van der Waals surface area contributed by atoms with Crippen molar-refractivity contribution in [3.05, 3.63) is 0 Å². The Hall–Kier alpha value is -0.810. The second-order valence-corrected chi connectivity index (χ2v) is 3.66. The molecular weight excluding hydrogens is 174 g/mol. The highest BCUT2D eigenvalue weighted by Gasteiger charge is 2.10. The van der Waals surface area contributed by atoms with Crippen LogP contribution in [0.1, 0.15) is 13.8 Å². The molecular formula is C8H21NO4. The molecule has 0 saturated carbocycles. The first-order valence-electron chi connectivity index (χ1n) is 3.78. The van der Waals surface area contributed by atoms with E-state index in [0.717, 1.165) is 17.6 Å². The average molecular weight is 195 g/mol. The van der Waals surface area contributed by atoms with Crippen molar-refractivity contribution in [3.8, 4) is 0 Å². The van der Waals surface area contributed by atoms with E-state index in [-0.39, 0.29) is 5.48 Å².